The molecule has 2 aromatic carbocycles. The number of hydrogen-bond donors (Lipinski definition) is 3. The van der Waals surface area contributed by atoms with Gasteiger partial charge in [-0.15, -0.1) is 0 Å². The fourth-order valence-corrected chi connectivity index (χ4v) is 3.55. The Kier molecular flexibility index (Phi) is 8.66. The van der Waals surface area contributed by atoms with Gasteiger partial charge in [-0.25, -0.2) is 0 Å². The van der Waals surface area contributed by atoms with Crippen LogP contribution in [0.2, 0.25) is 0 Å². The van der Waals surface area contributed by atoms with Gasteiger partial charge in [0.05, 0.1) is 19.2 Å². The molecule has 7 heteroatoms. The third-order valence-electron chi connectivity index (χ3n) is 5.55. The molecule has 174 valence electrons. The molecule has 4 atom stereocenters. The first-order valence-electron chi connectivity index (χ1n) is 11.0. The van der Waals surface area contributed by atoms with Crippen molar-refractivity contribution in [2.75, 3.05) is 7.11 Å². The minimum atomic E-state index is -0.784. The number of methoxy groups -OCH3 is 1. The Morgan fingerprint density at radius 3 is 2.09 bits per heavy atom. The Morgan fingerprint density at radius 2 is 1.50 bits per heavy atom. The van der Waals surface area contributed by atoms with E-state index in [1.807, 2.05) is 71.0 Å². The van der Waals surface area contributed by atoms with Crippen molar-refractivity contribution in [1.82, 2.24) is 10.6 Å². The highest BCUT2D eigenvalue weighted by Crippen LogP contribution is 2.37. The topological polar surface area (TPSA) is 103 Å². The minimum Gasteiger partial charge on any atom is -0.493 e. The minimum absolute atomic E-state index is 0.235. The van der Waals surface area contributed by atoms with Gasteiger partial charge < -0.3 is 25.8 Å². The summed E-state index contributed by atoms with van der Waals surface area (Å²) in [7, 11) is 1.60. The number of aryl methyl sites for hydroxylation is 1. The van der Waals surface area contributed by atoms with Crippen LogP contribution in [0.3, 0.4) is 0 Å². The maximum absolute atomic E-state index is 12.6. The third-order valence-corrected chi connectivity index (χ3v) is 5.55. The molecular formula is C25H35N3O4. The lowest BCUT2D eigenvalue weighted by Gasteiger charge is -2.24. The van der Waals surface area contributed by atoms with Crippen LogP contribution in [0.25, 0.3) is 0 Å². The normalized spacial score (nSPS) is 23.2. The molecule has 4 unspecified atom stereocenters. The summed E-state index contributed by atoms with van der Waals surface area (Å²) in [6.07, 6.45) is 0. The summed E-state index contributed by atoms with van der Waals surface area (Å²) in [4.78, 5) is 25.2. The number of benzene rings is 2. The predicted molar refractivity (Wildman–Crippen MR) is 126 cm³/mol. The van der Waals surface area contributed by atoms with Crippen molar-refractivity contribution in [2.24, 2.45) is 5.73 Å². The maximum Gasteiger partial charge on any atom is 0.242 e. The SMILES string of the molecule is CC.COc1c(C)cc2cc1Oc1ccc(cc1)C(C)C(N)C(=O)NC(C)C(=O)NC2C. The van der Waals surface area contributed by atoms with Gasteiger partial charge in [0.15, 0.2) is 11.5 Å². The number of ether oxygens (including phenoxy) is 2. The Hall–Kier alpha value is -3.06. The van der Waals surface area contributed by atoms with E-state index in [4.69, 9.17) is 15.2 Å². The lowest BCUT2D eigenvalue weighted by molar-refractivity contribution is -0.129. The van der Waals surface area contributed by atoms with Crippen LogP contribution in [0.4, 0.5) is 0 Å². The molecule has 0 radical (unpaired) electrons. The second-order valence-corrected chi connectivity index (χ2v) is 7.82. The van der Waals surface area contributed by atoms with E-state index < -0.39 is 12.1 Å². The van der Waals surface area contributed by atoms with E-state index in [-0.39, 0.29) is 23.8 Å². The van der Waals surface area contributed by atoms with Crippen LogP contribution in [0.15, 0.2) is 36.4 Å². The molecule has 2 amide bonds. The zero-order valence-corrected chi connectivity index (χ0v) is 20.0. The smallest absolute Gasteiger partial charge is 0.242 e. The van der Waals surface area contributed by atoms with Crippen LogP contribution in [-0.4, -0.2) is 31.0 Å². The molecule has 4 rings (SSSR count). The van der Waals surface area contributed by atoms with E-state index in [0.29, 0.717) is 17.2 Å². The molecule has 0 spiro atoms. The fraction of sp³-hybridized carbons (Fsp3) is 0.440. The number of hydrogen-bond acceptors (Lipinski definition) is 5. The second-order valence-electron chi connectivity index (χ2n) is 7.82. The van der Waals surface area contributed by atoms with Gasteiger partial charge in [0.25, 0.3) is 0 Å². The average Bonchev–Trinajstić information content (AvgIpc) is 2.79. The molecular weight excluding hydrogens is 406 g/mol. The molecule has 2 heterocycles. The highest BCUT2D eigenvalue weighted by Gasteiger charge is 2.26. The van der Waals surface area contributed by atoms with Gasteiger partial charge in [-0.1, -0.05) is 39.0 Å². The Bertz CT molecular complexity index is 943. The van der Waals surface area contributed by atoms with Crippen molar-refractivity contribution >= 4 is 11.8 Å². The zero-order valence-electron chi connectivity index (χ0n) is 20.0. The standard InChI is InChI=1S/C23H29N3O4.C2H6/c1-12-10-17-11-19(21(12)29-5)30-18-8-6-16(7-9-18)13(2)20(24)23(28)26-15(4)22(27)25-14(17)3;1-2/h6-11,13-15,20H,24H2,1-5H3,(H,25,27)(H,26,28);1-2H3. The number of rotatable bonds is 1. The first kappa shape index (κ1) is 25.2. The zero-order chi connectivity index (χ0) is 24.0. The van der Waals surface area contributed by atoms with E-state index in [1.165, 1.54) is 0 Å². The number of carbonyl (C=O) groups is 2. The number of fused-ring (bicyclic) bond motifs is 9. The Balaban J connectivity index is 0.00000176. The molecule has 4 N–H and O–H groups in total. The fourth-order valence-electron chi connectivity index (χ4n) is 3.55. The van der Waals surface area contributed by atoms with E-state index in [1.54, 1.807) is 14.0 Å². The predicted octanol–water partition coefficient (Wildman–Crippen LogP) is 3.95. The van der Waals surface area contributed by atoms with Crippen molar-refractivity contribution in [3.05, 3.63) is 53.1 Å². The highest BCUT2D eigenvalue weighted by molar-refractivity contribution is 5.90. The number of nitrogens with two attached hydrogens (primary N) is 1. The van der Waals surface area contributed by atoms with Gasteiger partial charge in [-0.05, 0) is 55.7 Å². The van der Waals surface area contributed by atoms with Gasteiger partial charge >= 0.3 is 0 Å². The van der Waals surface area contributed by atoms with Crippen LogP contribution in [0.5, 0.6) is 17.2 Å². The van der Waals surface area contributed by atoms with E-state index in [2.05, 4.69) is 10.6 Å². The van der Waals surface area contributed by atoms with Crippen molar-refractivity contribution in [2.45, 2.75) is 65.6 Å². The lowest BCUT2D eigenvalue weighted by Crippen LogP contribution is -2.51. The lowest BCUT2D eigenvalue weighted by atomic mass is 9.93. The third kappa shape index (κ3) is 5.59. The van der Waals surface area contributed by atoms with Crippen LogP contribution < -0.4 is 25.8 Å². The first-order chi connectivity index (χ1) is 15.2. The highest BCUT2D eigenvalue weighted by atomic mass is 16.5. The van der Waals surface area contributed by atoms with Crippen LogP contribution in [0.1, 0.15) is 63.3 Å². The molecule has 0 saturated heterocycles. The van der Waals surface area contributed by atoms with Gasteiger partial charge in [-0.3, -0.25) is 9.59 Å². The first-order valence-corrected chi connectivity index (χ1v) is 11.0. The average molecular weight is 442 g/mol. The largest absolute Gasteiger partial charge is 0.493 e. The molecule has 2 aliphatic rings. The maximum atomic E-state index is 12.6. The van der Waals surface area contributed by atoms with Gasteiger partial charge in [0.1, 0.15) is 11.8 Å². The van der Waals surface area contributed by atoms with Crippen molar-refractivity contribution in [3.8, 4) is 17.2 Å². The van der Waals surface area contributed by atoms with Crippen molar-refractivity contribution in [3.63, 3.8) is 0 Å². The molecule has 0 aromatic heterocycles. The molecule has 4 bridgehead atoms. The summed E-state index contributed by atoms with van der Waals surface area (Å²) in [5.41, 5.74) is 8.82. The van der Waals surface area contributed by atoms with Gasteiger partial charge in [0, 0.05) is 5.92 Å². The summed E-state index contributed by atoms with van der Waals surface area (Å²) >= 11 is 0. The number of amides is 2. The van der Waals surface area contributed by atoms with Crippen molar-refractivity contribution in [1.29, 1.82) is 0 Å². The summed E-state index contributed by atoms with van der Waals surface area (Å²) in [6.45, 7) is 11.3. The Morgan fingerprint density at radius 1 is 0.906 bits per heavy atom. The monoisotopic (exact) mass is 441 g/mol. The molecule has 2 aromatic rings. The van der Waals surface area contributed by atoms with Gasteiger partial charge in [0.2, 0.25) is 11.8 Å². The molecule has 0 fully saturated rings. The number of carbonyl (C=O) groups excluding carboxylic acids is 2. The summed E-state index contributed by atoms with van der Waals surface area (Å²) in [5.74, 6) is 0.949. The van der Waals surface area contributed by atoms with Crippen molar-refractivity contribution < 1.29 is 19.1 Å². The summed E-state index contributed by atoms with van der Waals surface area (Å²) in [5, 5.41) is 5.65. The van der Waals surface area contributed by atoms with E-state index in [0.717, 1.165) is 16.7 Å². The molecule has 7 nitrogen and oxygen atoms in total. The molecule has 0 saturated carbocycles. The van der Waals surface area contributed by atoms with Gasteiger partial charge in [-0.2, -0.15) is 0 Å². The van der Waals surface area contributed by atoms with Crippen LogP contribution >= 0.6 is 0 Å². The van der Waals surface area contributed by atoms with Crippen LogP contribution in [-0.2, 0) is 9.59 Å². The molecule has 32 heavy (non-hydrogen) atoms. The quantitative estimate of drug-likeness (QED) is 0.622. The molecule has 2 aliphatic heterocycles. The number of nitrogens with one attached hydrogen (secondary N) is 2. The molecule has 0 aliphatic carbocycles. The van der Waals surface area contributed by atoms with Crippen LogP contribution in [0, 0.1) is 6.92 Å². The summed E-state index contributed by atoms with van der Waals surface area (Å²) in [6, 6.07) is 9.47. The Labute approximate surface area is 190 Å². The summed E-state index contributed by atoms with van der Waals surface area (Å²) < 4.78 is 11.6. The van der Waals surface area contributed by atoms with E-state index >= 15 is 0 Å². The van der Waals surface area contributed by atoms with E-state index in [9.17, 15) is 9.59 Å². The second kappa shape index (κ2) is 11.0.